The summed E-state index contributed by atoms with van der Waals surface area (Å²) in [7, 11) is 0. The molecule has 0 aliphatic heterocycles. The topological polar surface area (TPSA) is 40.5 Å². The van der Waals surface area contributed by atoms with Crippen molar-refractivity contribution < 1.29 is 14.6 Å². The molecule has 0 heterocycles. The summed E-state index contributed by atoms with van der Waals surface area (Å²) in [4.78, 5) is 0. The molecule has 0 amide bonds. The third-order valence-electron chi connectivity index (χ3n) is 1.65. The van der Waals surface area contributed by atoms with Crippen LogP contribution in [0.3, 0.4) is 0 Å². The highest BCUT2D eigenvalue weighted by atomic mass is 19.1. The van der Waals surface area contributed by atoms with Gasteiger partial charge in [-0.3, -0.25) is 0 Å². The molecule has 0 radical (unpaired) electrons. The quantitative estimate of drug-likeness (QED) is 0.701. The molecule has 1 aromatic carbocycles. The van der Waals surface area contributed by atoms with Crippen LogP contribution in [0.15, 0.2) is 24.3 Å². The molecule has 1 rings (SSSR count). The Bertz CT molecular complexity index is 260. The fourth-order valence-corrected chi connectivity index (χ4v) is 0.969. The Kier molecular flexibility index (Phi) is 2.78. The zero-order chi connectivity index (χ0) is 9.14. The monoisotopic (exact) mass is 170 g/mol. The molecule has 0 aromatic heterocycles. The maximum Gasteiger partial charge on any atom is 0.123 e. The third kappa shape index (κ3) is 2.03. The maximum absolute atomic E-state index is 12.6. The van der Waals surface area contributed by atoms with Crippen LogP contribution >= 0.6 is 0 Å². The molecule has 0 fully saturated rings. The normalized spacial score (nSPS) is 15.7. The molecule has 0 saturated carbocycles. The summed E-state index contributed by atoms with van der Waals surface area (Å²) in [5.41, 5.74) is 0.394. The largest absolute Gasteiger partial charge is 0.390 e. The van der Waals surface area contributed by atoms with Gasteiger partial charge in [-0.1, -0.05) is 12.1 Å². The zero-order valence-electron chi connectivity index (χ0n) is 6.74. The van der Waals surface area contributed by atoms with Gasteiger partial charge in [-0.05, 0) is 24.6 Å². The first-order valence-corrected chi connectivity index (χ1v) is 3.73. The van der Waals surface area contributed by atoms with Crippen LogP contribution in [0.25, 0.3) is 0 Å². The van der Waals surface area contributed by atoms with Crippen molar-refractivity contribution in [3.8, 4) is 0 Å². The lowest BCUT2D eigenvalue weighted by molar-refractivity contribution is 0.0304. The van der Waals surface area contributed by atoms with E-state index >= 15 is 0 Å². The molecule has 0 saturated heterocycles. The Balaban J connectivity index is 2.88. The molecule has 0 spiro atoms. The van der Waals surface area contributed by atoms with Gasteiger partial charge in [0.15, 0.2) is 0 Å². The van der Waals surface area contributed by atoms with E-state index in [0.717, 1.165) is 0 Å². The summed E-state index contributed by atoms with van der Waals surface area (Å²) in [5.74, 6) is -0.410. The molecule has 66 valence electrons. The van der Waals surface area contributed by atoms with Gasteiger partial charge in [-0.25, -0.2) is 4.39 Å². The van der Waals surface area contributed by atoms with E-state index in [-0.39, 0.29) is 0 Å². The van der Waals surface area contributed by atoms with Crippen molar-refractivity contribution in [2.45, 2.75) is 19.1 Å². The van der Waals surface area contributed by atoms with Crippen molar-refractivity contribution in [3.05, 3.63) is 35.6 Å². The summed E-state index contributed by atoms with van der Waals surface area (Å²) in [6, 6.07) is 5.56. The Labute approximate surface area is 70.3 Å². The second-order valence-corrected chi connectivity index (χ2v) is 2.74. The minimum Gasteiger partial charge on any atom is -0.390 e. The Morgan fingerprint density at radius 1 is 1.33 bits per heavy atom. The van der Waals surface area contributed by atoms with Crippen molar-refractivity contribution in [2.75, 3.05) is 0 Å². The van der Waals surface area contributed by atoms with Gasteiger partial charge < -0.3 is 10.2 Å². The third-order valence-corrected chi connectivity index (χ3v) is 1.65. The van der Waals surface area contributed by atoms with Gasteiger partial charge >= 0.3 is 0 Å². The number of hydrogen-bond donors (Lipinski definition) is 2. The minimum atomic E-state index is -1.01. The van der Waals surface area contributed by atoms with E-state index in [9.17, 15) is 9.50 Å². The van der Waals surface area contributed by atoms with Gasteiger partial charge in [0.1, 0.15) is 11.9 Å². The molecule has 0 bridgehead atoms. The van der Waals surface area contributed by atoms with Crippen molar-refractivity contribution in [3.63, 3.8) is 0 Å². The van der Waals surface area contributed by atoms with E-state index in [4.69, 9.17) is 5.11 Å². The minimum absolute atomic E-state index is 0.394. The fraction of sp³-hybridized carbons (Fsp3) is 0.333. The molecule has 0 unspecified atom stereocenters. The van der Waals surface area contributed by atoms with Crippen LogP contribution < -0.4 is 0 Å². The molecule has 3 heteroatoms. The van der Waals surface area contributed by atoms with Crippen LogP contribution in [-0.2, 0) is 0 Å². The van der Waals surface area contributed by atoms with Crippen molar-refractivity contribution in [1.82, 2.24) is 0 Å². The predicted octanol–water partition coefficient (Wildman–Crippen LogP) is 1.24. The van der Waals surface area contributed by atoms with E-state index in [2.05, 4.69) is 0 Å². The molecule has 0 aliphatic rings. The summed E-state index contributed by atoms with van der Waals surface area (Å²) in [5, 5.41) is 18.3. The molecule has 12 heavy (non-hydrogen) atoms. The second-order valence-electron chi connectivity index (χ2n) is 2.74. The first-order chi connectivity index (χ1) is 5.61. The number of rotatable bonds is 2. The van der Waals surface area contributed by atoms with Gasteiger partial charge in [0.2, 0.25) is 0 Å². The van der Waals surface area contributed by atoms with Gasteiger partial charge in [0.25, 0.3) is 0 Å². The maximum atomic E-state index is 12.6. The first kappa shape index (κ1) is 9.16. The molecule has 2 nitrogen and oxygen atoms in total. The average Bonchev–Trinajstić information content (AvgIpc) is 2.03. The van der Waals surface area contributed by atoms with Crippen LogP contribution in [0, 0.1) is 5.82 Å². The number of hydrogen-bond acceptors (Lipinski definition) is 2. The second kappa shape index (κ2) is 3.65. The lowest BCUT2D eigenvalue weighted by Gasteiger charge is -2.13. The smallest absolute Gasteiger partial charge is 0.123 e. The highest BCUT2D eigenvalue weighted by molar-refractivity contribution is 5.19. The molecule has 2 atom stereocenters. The Morgan fingerprint density at radius 3 is 2.50 bits per heavy atom. The fourth-order valence-electron chi connectivity index (χ4n) is 0.969. The summed E-state index contributed by atoms with van der Waals surface area (Å²) >= 11 is 0. The van der Waals surface area contributed by atoms with Crippen molar-refractivity contribution >= 4 is 0 Å². The van der Waals surface area contributed by atoms with Crippen molar-refractivity contribution in [1.29, 1.82) is 0 Å². The summed E-state index contributed by atoms with van der Waals surface area (Å²) < 4.78 is 12.6. The Morgan fingerprint density at radius 2 is 2.00 bits per heavy atom. The lowest BCUT2D eigenvalue weighted by atomic mass is 10.1. The highest BCUT2D eigenvalue weighted by Crippen LogP contribution is 2.16. The first-order valence-electron chi connectivity index (χ1n) is 3.73. The standard InChI is InChI=1S/C9H11FO2/c1-6(11)9(12)7-3-2-4-8(10)5-7/h2-6,9,11-12H,1H3/t6-,9+/m1/s1. The summed E-state index contributed by atoms with van der Waals surface area (Å²) in [6.45, 7) is 1.45. The summed E-state index contributed by atoms with van der Waals surface area (Å²) in [6.07, 6.45) is -1.90. The molecular weight excluding hydrogens is 159 g/mol. The molecular formula is C9H11FO2. The van der Waals surface area contributed by atoms with E-state index in [1.807, 2.05) is 0 Å². The Hall–Kier alpha value is -0.930. The van der Waals surface area contributed by atoms with E-state index in [0.29, 0.717) is 5.56 Å². The molecule has 1 aromatic rings. The van der Waals surface area contributed by atoms with Crippen LogP contribution in [0.4, 0.5) is 4.39 Å². The van der Waals surface area contributed by atoms with Crippen LogP contribution in [0.2, 0.25) is 0 Å². The highest BCUT2D eigenvalue weighted by Gasteiger charge is 2.13. The average molecular weight is 170 g/mol. The van der Waals surface area contributed by atoms with E-state index in [1.54, 1.807) is 6.07 Å². The lowest BCUT2D eigenvalue weighted by Crippen LogP contribution is -2.13. The van der Waals surface area contributed by atoms with E-state index < -0.39 is 18.0 Å². The number of aliphatic hydroxyl groups is 2. The van der Waals surface area contributed by atoms with Gasteiger partial charge in [0, 0.05) is 0 Å². The number of benzene rings is 1. The number of halogens is 1. The SMILES string of the molecule is C[C@@H](O)[C@H](O)c1cccc(F)c1. The van der Waals surface area contributed by atoms with Gasteiger partial charge in [-0.2, -0.15) is 0 Å². The van der Waals surface area contributed by atoms with Crippen molar-refractivity contribution in [2.24, 2.45) is 0 Å². The van der Waals surface area contributed by atoms with Gasteiger partial charge in [-0.15, -0.1) is 0 Å². The van der Waals surface area contributed by atoms with Gasteiger partial charge in [0.05, 0.1) is 6.10 Å². The van der Waals surface area contributed by atoms with Crippen LogP contribution in [-0.4, -0.2) is 16.3 Å². The molecule has 0 aliphatic carbocycles. The zero-order valence-corrected chi connectivity index (χ0v) is 6.74. The number of aliphatic hydroxyl groups excluding tert-OH is 2. The van der Waals surface area contributed by atoms with Crippen LogP contribution in [0.5, 0.6) is 0 Å². The van der Waals surface area contributed by atoms with E-state index in [1.165, 1.54) is 25.1 Å². The predicted molar refractivity (Wildman–Crippen MR) is 43.0 cm³/mol. The molecule has 2 N–H and O–H groups in total. The van der Waals surface area contributed by atoms with Crippen LogP contribution in [0.1, 0.15) is 18.6 Å².